The summed E-state index contributed by atoms with van der Waals surface area (Å²) in [5.74, 6) is 0.0133. The van der Waals surface area contributed by atoms with Crippen LogP contribution in [0.2, 0.25) is 0 Å². The van der Waals surface area contributed by atoms with Crippen LogP contribution in [-0.2, 0) is 10.0 Å². The van der Waals surface area contributed by atoms with Crippen LogP contribution in [0, 0.1) is 11.3 Å². The Morgan fingerprint density at radius 2 is 2.20 bits per heavy atom. The average molecular weight is 289 g/mol. The highest BCUT2D eigenvalue weighted by molar-refractivity contribution is 9.10. The minimum atomic E-state index is -3.28. The van der Waals surface area contributed by atoms with Crippen molar-refractivity contribution < 1.29 is 8.42 Å². The van der Waals surface area contributed by atoms with Gasteiger partial charge >= 0.3 is 0 Å². The van der Waals surface area contributed by atoms with Gasteiger partial charge in [-0.15, -0.1) is 0 Å². The van der Waals surface area contributed by atoms with E-state index in [1.165, 1.54) is 0 Å². The third-order valence-corrected chi connectivity index (χ3v) is 3.69. The van der Waals surface area contributed by atoms with Gasteiger partial charge in [-0.1, -0.05) is 0 Å². The first kappa shape index (κ1) is 12.0. The first-order chi connectivity index (χ1) is 6.98. The van der Waals surface area contributed by atoms with Crippen molar-refractivity contribution in [1.29, 1.82) is 5.26 Å². The Labute approximate surface area is 97.1 Å². The molecule has 6 heteroatoms. The Kier molecular flexibility index (Phi) is 3.72. The summed E-state index contributed by atoms with van der Waals surface area (Å²) in [7, 11) is -3.28. The van der Waals surface area contributed by atoms with Crippen molar-refractivity contribution in [3.8, 4) is 6.07 Å². The number of benzene rings is 1. The molecule has 0 aliphatic rings. The molecule has 4 nitrogen and oxygen atoms in total. The lowest BCUT2D eigenvalue weighted by Crippen LogP contribution is -2.14. The highest BCUT2D eigenvalue weighted by atomic mass is 79.9. The molecular weight excluding hydrogens is 280 g/mol. The summed E-state index contributed by atoms with van der Waals surface area (Å²) in [6.45, 7) is 1.56. The van der Waals surface area contributed by atoms with Crippen molar-refractivity contribution in [2.75, 3.05) is 10.5 Å². The summed E-state index contributed by atoms with van der Waals surface area (Å²) in [6.07, 6.45) is 0. The van der Waals surface area contributed by atoms with Gasteiger partial charge in [0, 0.05) is 4.47 Å². The lowest BCUT2D eigenvalue weighted by atomic mass is 10.2. The number of rotatable bonds is 3. The molecule has 0 bridgehead atoms. The minimum Gasteiger partial charge on any atom is -0.282 e. The summed E-state index contributed by atoms with van der Waals surface area (Å²) in [6, 6.07) is 6.63. The maximum absolute atomic E-state index is 11.3. The van der Waals surface area contributed by atoms with Gasteiger partial charge < -0.3 is 0 Å². The molecular formula is C9H9BrN2O2S. The zero-order valence-corrected chi connectivity index (χ0v) is 10.4. The maximum atomic E-state index is 11.3. The van der Waals surface area contributed by atoms with Gasteiger partial charge in [-0.3, -0.25) is 4.72 Å². The molecule has 0 amide bonds. The molecule has 0 radical (unpaired) electrons. The van der Waals surface area contributed by atoms with E-state index in [1.54, 1.807) is 25.1 Å². The third-order valence-electron chi connectivity index (χ3n) is 1.74. The largest absolute Gasteiger partial charge is 0.282 e. The van der Waals surface area contributed by atoms with Gasteiger partial charge in [0.05, 0.1) is 23.1 Å². The Balaban J connectivity index is 3.04. The zero-order valence-electron chi connectivity index (χ0n) is 7.99. The molecule has 1 aromatic carbocycles. The number of nitriles is 1. The monoisotopic (exact) mass is 288 g/mol. The molecule has 0 aliphatic carbocycles. The first-order valence-corrected chi connectivity index (χ1v) is 6.63. The van der Waals surface area contributed by atoms with Crippen molar-refractivity contribution in [1.82, 2.24) is 0 Å². The first-order valence-electron chi connectivity index (χ1n) is 4.18. The van der Waals surface area contributed by atoms with Crippen molar-refractivity contribution in [3.05, 3.63) is 28.2 Å². The van der Waals surface area contributed by atoms with Crippen LogP contribution in [0.5, 0.6) is 0 Å². The standard InChI is InChI=1S/C9H9BrN2O2S/c1-2-15(13,14)12-9-4-3-7(6-11)5-8(9)10/h3-5,12H,2H2,1H3. The predicted molar refractivity (Wildman–Crippen MR) is 61.9 cm³/mol. The maximum Gasteiger partial charge on any atom is 0.232 e. The lowest BCUT2D eigenvalue weighted by Gasteiger charge is -2.07. The number of sulfonamides is 1. The molecule has 0 unspecified atom stereocenters. The highest BCUT2D eigenvalue weighted by Crippen LogP contribution is 2.24. The molecule has 0 aliphatic heterocycles. The van der Waals surface area contributed by atoms with Crippen LogP contribution in [0.3, 0.4) is 0 Å². The Morgan fingerprint density at radius 3 is 2.67 bits per heavy atom. The molecule has 15 heavy (non-hydrogen) atoms. The fourth-order valence-electron chi connectivity index (χ4n) is 0.907. The molecule has 0 spiro atoms. The second-order valence-electron chi connectivity index (χ2n) is 2.81. The summed E-state index contributed by atoms with van der Waals surface area (Å²) in [5.41, 5.74) is 0.914. The molecule has 1 N–H and O–H groups in total. The predicted octanol–water partition coefficient (Wildman–Crippen LogP) is 2.08. The summed E-state index contributed by atoms with van der Waals surface area (Å²) < 4.78 is 25.5. The molecule has 80 valence electrons. The average Bonchev–Trinajstić information content (AvgIpc) is 2.21. The topological polar surface area (TPSA) is 70.0 Å². The molecule has 0 heterocycles. The molecule has 0 saturated heterocycles. The summed E-state index contributed by atoms with van der Waals surface area (Å²) in [5, 5.41) is 8.62. The molecule has 0 aromatic heterocycles. The lowest BCUT2D eigenvalue weighted by molar-refractivity contribution is 0.602. The SMILES string of the molecule is CCS(=O)(=O)Nc1ccc(C#N)cc1Br. The number of nitrogens with zero attached hydrogens (tertiary/aromatic N) is 1. The van der Waals surface area contributed by atoms with E-state index >= 15 is 0 Å². The second kappa shape index (κ2) is 4.64. The number of halogens is 1. The van der Waals surface area contributed by atoms with Crippen LogP contribution in [0.4, 0.5) is 5.69 Å². The van der Waals surface area contributed by atoms with Gasteiger partial charge in [-0.25, -0.2) is 8.42 Å². The van der Waals surface area contributed by atoms with Crippen molar-refractivity contribution in [2.24, 2.45) is 0 Å². The van der Waals surface area contributed by atoms with Crippen LogP contribution in [-0.4, -0.2) is 14.2 Å². The van der Waals surface area contributed by atoms with E-state index in [2.05, 4.69) is 20.7 Å². The molecule has 0 atom stereocenters. The Morgan fingerprint density at radius 1 is 1.53 bits per heavy atom. The minimum absolute atomic E-state index is 0.0133. The number of nitrogens with one attached hydrogen (secondary N) is 1. The van der Waals surface area contributed by atoms with Gasteiger partial charge in [0.2, 0.25) is 10.0 Å². The van der Waals surface area contributed by atoms with Crippen LogP contribution in [0.25, 0.3) is 0 Å². The van der Waals surface area contributed by atoms with Gasteiger partial charge in [0.15, 0.2) is 0 Å². The van der Waals surface area contributed by atoms with E-state index in [1.807, 2.05) is 6.07 Å². The third kappa shape index (κ3) is 3.22. The van der Waals surface area contributed by atoms with Crippen LogP contribution >= 0.6 is 15.9 Å². The summed E-state index contributed by atoms with van der Waals surface area (Å²) in [4.78, 5) is 0. The Hall–Kier alpha value is -1.06. The van der Waals surface area contributed by atoms with Crippen molar-refractivity contribution in [3.63, 3.8) is 0 Å². The van der Waals surface area contributed by atoms with E-state index in [4.69, 9.17) is 5.26 Å². The zero-order chi connectivity index (χ0) is 11.5. The van der Waals surface area contributed by atoms with E-state index < -0.39 is 10.0 Å². The number of hydrogen-bond donors (Lipinski definition) is 1. The van der Waals surface area contributed by atoms with E-state index in [0.717, 1.165) is 0 Å². The quantitative estimate of drug-likeness (QED) is 0.926. The number of hydrogen-bond acceptors (Lipinski definition) is 3. The molecule has 1 rings (SSSR count). The number of anilines is 1. The highest BCUT2D eigenvalue weighted by Gasteiger charge is 2.09. The van der Waals surface area contributed by atoms with Gasteiger partial charge in [-0.2, -0.15) is 5.26 Å². The smallest absolute Gasteiger partial charge is 0.232 e. The molecule has 0 fully saturated rings. The van der Waals surface area contributed by atoms with E-state index in [0.29, 0.717) is 15.7 Å². The van der Waals surface area contributed by atoms with Crippen molar-refractivity contribution in [2.45, 2.75) is 6.92 Å². The fourth-order valence-corrected chi connectivity index (χ4v) is 2.17. The van der Waals surface area contributed by atoms with Crippen LogP contribution in [0.15, 0.2) is 22.7 Å². The Bertz CT molecular complexity index is 505. The van der Waals surface area contributed by atoms with E-state index in [9.17, 15) is 8.42 Å². The van der Waals surface area contributed by atoms with Crippen LogP contribution in [0.1, 0.15) is 12.5 Å². The molecule has 1 aromatic rings. The fraction of sp³-hybridized carbons (Fsp3) is 0.222. The second-order valence-corrected chi connectivity index (χ2v) is 5.68. The van der Waals surface area contributed by atoms with Crippen molar-refractivity contribution >= 4 is 31.6 Å². The van der Waals surface area contributed by atoms with Gasteiger partial charge in [0.25, 0.3) is 0 Å². The van der Waals surface area contributed by atoms with E-state index in [-0.39, 0.29) is 5.75 Å². The normalized spacial score (nSPS) is 10.7. The van der Waals surface area contributed by atoms with Gasteiger partial charge in [-0.05, 0) is 41.1 Å². The molecule has 0 saturated carbocycles. The summed E-state index contributed by atoms with van der Waals surface area (Å²) >= 11 is 3.19. The van der Waals surface area contributed by atoms with Gasteiger partial charge in [0.1, 0.15) is 0 Å². The van der Waals surface area contributed by atoms with Crippen LogP contribution < -0.4 is 4.72 Å².